The Morgan fingerprint density at radius 3 is 2.00 bits per heavy atom. The molecule has 138 valence electrons. The molecule has 2 aliphatic rings. The van der Waals surface area contributed by atoms with Crippen molar-refractivity contribution in [3.63, 3.8) is 0 Å². The molecule has 1 fully saturated rings. The Labute approximate surface area is 161 Å². The van der Waals surface area contributed by atoms with Gasteiger partial charge in [-0.1, -0.05) is 54.6 Å². The van der Waals surface area contributed by atoms with Crippen molar-refractivity contribution in [1.29, 1.82) is 0 Å². The molecule has 1 saturated carbocycles. The van der Waals surface area contributed by atoms with Crippen LogP contribution in [0.3, 0.4) is 0 Å². The molecule has 0 atom stereocenters. The van der Waals surface area contributed by atoms with Crippen molar-refractivity contribution in [2.75, 3.05) is 13.2 Å². The van der Waals surface area contributed by atoms with Crippen LogP contribution in [0.4, 0.5) is 0 Å². The average Bonchev–Trinajstić information content (AvgIpc) is 3.42. The molecule has 1 aliphatic carbocycles. The molecule has 0 unspecified atom stereocenters. The average molecular weight is 358 g/mol. The highest BCUT2D eigenvalue weighted by Gasteiger charge is 2.34. The molecule has 1 aromatic heterocycles. The van der Waals surface area contributed by atoms with Gasteiger partial charge in [-0.2, -0.15) is 0 Å². The van der Waals surface area contributed by atoms with Crippen LogP contribution in [0.5, 0.6) is 0 Å². The summed E-state index contributed by atoms with van der Waals surface area (Å²) < 4.78 is 5.60. The SMILES string of the molecule is CC(C)(C1=NCCO1)c1cccc(C2CC2)n1.c1ccc2ccccc2c1. The van der Waals surface area contributed by atoms with Crippen molar-refractivity contribution in [2.45, 2.75) is 38.0 Å². The summed E-state index contributed by atoms with van der Waals surface area (Å²) in [5.41, 5.74) is 2.10. The molecule has 0 amide bonds. The maximum absolute atomic E-state index is 5.60. The van der Waals surface area contributed by atoms with Gasteiger partial charge in [0, 0.05) is 11.6 Å². The first-order chi connectivity index (χ1) is 13.1. The third-order valence-corrected chi connectivity index (χ3v) is 5.19. The van der Waals surface area contributed by atoms with Gasteiger partial charge in [-0.05, 0) is 49.6 Å². The van der Waals surface area contributed by atoms with Gasteiger partial charge in [0.25, 0.3) is 0 Å². The van der Waals surface area contributed by atoms with E-state index in [4.69, 9.17) is 9.72 Å². The van der Waals surface area contributed by atoms with Gasteiger partial charge in [-0.25, -0.2) is 0 Å². The molecule has 0 N–H and O–H groups in total. The first kappa shape index (κ1) is 17.7. The van der Waals surface area contributed by atoms with Crippen LogP contribution in [-0.4, -0.2) is 24.0 Å². The van der Waals surface area contributed by atoms with E-state index in [1.807, 2.05) is 0 Å². The zero-order chi connectivity index (χ0) is 18.7. The van der Waals surface area contributed by atoms with E-state index in [9.17, 15) is 0 Å². The zero-order valence-electron chi connectivity index (χ0n) is 16.1. The fourth-order valence-corrected chi connectivity index (χ4v) is 3.36. The minimum Gasteiger partial charge on any atom is -0.478 e. The summed E-state index contributed by atoms with van der Waals surface area (Å²) in [6.45, 7) is 5.76. The smallest absolute Gasteiger partial charge is 0.195 e. The van der Waals surface area contributed by atoms with E-state index in [0.29, 0.717) is 12.5 Å². The molecular weight excluding hydrogens is 332 g/mol. The molecular formula is C24H26N2O. The monoisotopic (exact) mass is 358 g/mol. The van der Waals surface area contributed by atoms with Crippen LogP contribution in [0.1, 0.15) is 44.0 Å². The predicted octanol–water partition coefficient (Wildman–Crippen LogP) is 5.51. The number of fused-ring (bicyclic) bond motifs is 1. The number of aromatic nitrogens is 1. The summed E-state index contributed by atoms with van der Waals surface area (Å²) in [7, 11) is 0. The van der Waals surface area contributed by atoms with Crippen LogP contribution in [-0.2, 0) is 10.2 Å². The normalized spacial score (nSPS) is 16.3. The summed E-state index contributed by atoms with van der Waals surface area (Å²) in [5, 5.41) is 2.62. The lowest BCUT2D eigenvalue weighted by Crippen LogP contribution is -2.30. The van der Waals surface area contributed by atoms with Crippen molar-refractivity contribution in [3.05, 3.63) is 78.1 Å². The molecule has 0 spiro atoms. The topological polar surface area (TPSA) is 34.5 Å². The molecule has 0 bridgehead atoms. The lowest BCUT2D eigenvalue weighted by molar-refractivity contribution is 0.317. The second-order valence-electron chi connectivity index (χ2n) is 7.73. The van der Waals surface area contributed by atoms with Gasteiger partial charge in [0.2, 0.25) is 0 Å². The van der Waals surface area contributed by atoms with Crippen LogP contribution in [0.15, 0.2) is 71.7 Å². The van der Waals surface area contributed by atoms with E-state index in [-0.39, 0.29) is 5.41 Å². The number of rotatable bonds is 3. The quantitative estimate of drug-likeness (QED) is 0.619. The minimum absolute atomic E-state index is 0.207. The lowest BCUT2D eigenvalue weighted by Gasteiger charge is -2.23. The maximum atomic E-state index is 5.60. The Morgan fingerprint density at radius 1 is 0.852 bits per heavy atom. The molecule has 3 heteroatoms. The summed E-state index contributed by atoms with van der Waals surface area (Å²) in [4.78, 5) is 9.22. The maximum Gasteiger partial charge on any atom is 0.195 e. The molecule has 1 aliphatic heterocycles. The number of nitrogens with zero attached hydrogens (tertiary/aromatic N) is 2. The van der Waals surface area contributed by atoms with Gasteiger partial charge in [0.15, 0.2) is 5.90 Å². The van der Waals surface area contributed by atoms with Crippen molar-refractivity contribution in [2.24, 2.45) is 4.99 Å². The summed E-state index contributed by atoms with van der Waals surface area (Å²) in [5.74, 6) is 1.52. The van der Waals surface area contributed by atoms with Gasteiger partial charge in [0.1, 0.15) is 6.61 Å². The first-order valence-corrected chi connectivity index (χ1v) is 9.73. The van der Waals surface area contributed by atoms with Crippen molar-refractivity contribution in [1.82, 2.24) is 4.98 Å². The number of hydrogen-bond donors (Lipinski definition) is 0. The van der Waals surface area contributed by atoms with Gasteiger partial charge in [-0.3, -0.25) is 9.98 Å². The second kappa shape index (κ2) is 7.51. The Morgan fingerprint density at radius 2 is 1.48 bits per heavy atom. The van der Waals surface area contributed by atoms with Crippen molar-refractivity contribution >= 4 is 16.7 Å². The van der Waals surface area contributed by atoms with Crippen LogP contribution in [0.2, 0.25) is 0 Å². The number of hydrogen-bond acceptors (Lipinski definition) is 3. The molecule has 5 rings (SSSR count). The lowest BCUT2D eigenvalue weighted by atomic mass is 9.88. The van der Waals surface area contributed by atoms with Gasteiger partial charge in [-0.15, -0.1) is 0 Å². The van der Waals surface area contributed by atoms with E-state index in [1.54, 1.807) is 0 Å². The Hall–Kier alpha value is -2.68. The van der Waals surface area contributed by atoms with Gasteiger partial charge < -0.3 is 4.74 Å². The Balaban J connectivity index is 0.000000153. The molecule has 0 saturated heterocycles. The molecule has 0 radical (unpaired) electrons. The number of pyridine rings is 1. The highest BCUT2D eigenvalue weighted by molar-refractivity contribution is 5.87. The first-order valence-electron chi connectivity index (χ1n) is 9.73. The Bertz CT molecular complexity index is 892. The van der Waals surface area contributed by atoms with Gasteiger partial charge in [0.05, 0.1) is 17.7 Å². The Kier molecular flexibility index (Phi) is 4.93. The minimum atomic E-state index is -0.207. The molecule has 2 heterocycles. The van der Waals surface area contributed by atoms with Crippen LogP contribution in [0.25, 0.3) is 10.8 Å². The highest BCUT2D eigenvalue weighted by Crippen LogP contribution is 2.39. The van der Waals surface area contributed by atoms with Crippen LogP contribution in [0, 0.1) is 0 Å². The zero-order valence-corrected chi connectivity index (χ0v) is 16.1. The van der Waals surface area contributed by atoms with Crippen molar-refractivity contribution in [3.8, 4) is 0 Å². The fourth-order valence-electron chi connectivity index (χ4n) is 3.36. The summed E-state index contributed by atoms with van der Waals surface area (Å²) in [6.07, 6.45) is 2.57. The number of aliphatic imine (C=N–C) groups is 1. The van der Waals surface area contributed by atoms with E-state index >= 15 is 0 Å². The van der Waals surface area contributed by atoms with E-state index in [1.165, 1.54) is 29.3 Å². The van der Waals surface area contributed by atoms with Gasteiger partial charge >= 0.3 is 0 Å². The third kappa shape index (κ3) is 4.02. The summed E-state index contributed by atoms with van der Waals surface area (Å²) in [6, 6.07) is 23.0. The van der Waals surface area contributed by atoms with Crippen molar-refractivity contribution < 1.29 is 4.74 Å². The van der Waals surface area contributed by atoms with Crippen LogP contribution < -0.4 is 0 Å². The van der Waals surface area contributed by atoms with E-state index in [2.05, 4.69) is 85.6 Å². The molecule has 3 aromatic rings. The molecule has 27 heavy (non-hydrogen) atoms. The molecule has 3 nitrogen and oxygen atoms in total. The molecule has 2 aromatic carbocycles. The highest BCUT2D eigenvalue weighted by atomic mass is 16.5. The van der Waals surface area contributed by atoms with E-state index in [0.717, 1.165) is 18.1 Å². The second-order valence-corrected chi connectivity index (χ2v) is 7.73. The largest absolute Gasteiger partial charge is 0.478 e. The van der Waals surface area contributed by atoms with Crippen LogP contribution >= 0.6 is 0 Å². The number of benzene rings is 2. The summed E-state index contributed by atoms with van der Waals surface area (Å²) >= 11 is 0. The van der Waals surface area contributed by atoms with E-state index < -0.39 is 0 Å². The predicted molar refractivity (Wildman–Crippen MR) is 111 cm³/mol. The fraction of sp³-hybridized carbons (Fsp3) is 0.333. The standard InChI is InChI=1S/C14H18N2O.C10H8/c1-14(2,13-15-8-9-17-13)12-5-3-4-11(16-12)10-6-7-10;1-2-6-10-8-4-3-7-9(10)5-1/h3-5,10H,6-9H2,1-2H3;1-8H. The third-order valence-electron chi connectivity index (χ3n) is 5.19. The number of ether oxygens (including phenoxy) is 1.